The molecule has 0 bridgehead atoms. The van der Waals surface area contributed by atoms with E-state index in [0.717, 1.165) is 5.75 Å². The fourth-order valence-electron chi connectivity index (χ4n) is 1.79. The second-order valence-electron chi connectivity index (χ2n) is 4.93. The number of benzene rings is 1. The number of rotatable bonds is 5. The molecule has 2 N–H and O–H groups in total. The van der Waals surface area contributed by atoms with Crippen LogP contribution in [0.3, 0.4) is 0 Å². The molecule has 0 spiro atoms. The van der Waals surface area contributed by atoms with Gasteiger partial charge < -0.3 is 15.4 Å². The molecule has 0 amide bonds. The van der Waals surface area contributed by atoms with E-state index in [2.05, 4.69) is 4.99 Å². The van der Waals surface area contributed by atoms with Gasteiger partial charge in [0, 0.05) is 18.1 Å². The minimum absolute atomic E-state index is 0. The number of hydrogen-bond acceptors (Lipinski definition) is 2. The van der Waals surface area contributed by atoms with Gasteiger partial charge >= 0.3 is 0 Å². The molecule has 0 aromatic heterocycles. The van der Waals surface area contributed by atoms with E-state index in [1.807, 2.05) is 37.1 Å². The van der Waals surface area contributed by atoms with Crippen molar-refractivity contribution in [3.8, 4) is 5.75 Å². The average Bonchev–Trinajstić information content (AvgIpc) is 3.19. The Bertz CT molecular complexity index is 465. The summed E-state index contributed by atoms with van der Waals surface area (Å²) >= 11 is 5.90. The second-order valence-corrected chi connectivity index (χ2v) is 5.36. The quantitative estimate of drug-likeness (QED) is 0.462. The minimum atomic E-state index is -0.0374. The van der Waals surface area contributed by atoms with Crippen molar-refractivity contribution in [3.63, 3.8) is 0 Å². The molecule has 1 atom stereocenters. The Balaban J connectivity index is 0.00000200. The van der Waals surface area contributed by atoms with Crippen molar-refractivity contribution < 1.29 is 4.74 Å². The lowest BCUT2D eigenvalue weighted by atomic mass is 10.3. The molecule has 0 heterocycles. The standard InChI is InChI=1S/C14H20ClN3O.HI/c1-10(19-13-5-3-4-11(15)8-13)9-17-14(16)18(2)12-6-7-12;/h3-5,8,10,12H,6-7,9H2,1-2H3,(H2,16,17);1H. The summed E-state index contributed by atoms with van der Waals surface area (Å²) in [5.41, 5.74) is 5.92. The van der Waals surface area contributed by atoms with Gasteiger partial charge in [-0.2, -0.15) is 0 Å². The van der Waals surface area contributed by atoms with Gasteiger partial charge in [-0.15, -0.1) is 24.0 Å². The van der Waals surface area contributed by atoms with Crippen molar-refractivity contribution in [3.05, 3.63) is 29.3 Å². The van der Waals surface area contributed by atoms with Gasteiger partial charge in [0.25, 0.3) is 0 Å². The van der Waals surface area contributed by atoms with E-state index in [-0.39, 0.29) is 30.1 Å². The highest BCUT2D eigenvalue weighted by molar-refractivity contribution is 14.0. The monoisotopic (exact) mass is 409 g/mol. The van der Waals surface area contributed by atoms with Crippen LogP contribution >= 0.6 is 35.6 Å². The highest BCUT2D eigenvalue weighted by Crippen LogP contribution is 2.24. The number of nitrogens with zero attached hydrogens (tertiary/aromatic N) is 2. The van der Waals surface area contributed by atoms with Crippen molar-refractivity contribution in [1.82, 2.24) is 4.90 Å². The smallest absolute Gasteiger partial charge is 0.191 e. The number of nitrogens with two attached hydrogens (primary N) is 1. The Hall–Kier alpha value is -0.690. The first-order valence-electron chi connectivity index (χ1n) is 6.51. The van der Waals surface area contributed by atoms with E-state index < -0.39 is 0 Å². The summed E-state index contributed by atoms with van der Waals surface area (Å²) < 4.78 is 5.74. The van der Waals surface area contributed by atoms with E-state index in [1.54, 1.807) is 6.07 Å². The fourth-order valence-corrected chi connectivity index (χ4v) is 1.97. The predicted molar refractivity (Wildman–Crippen MR) is 94.2 cm³/mol. The summed E-state index contributed by atoms with van der Waals surface area (Å²) in [4.78, 5) is 6.40. The molecule has 0 radical (unpaired) electrons. The number of aliphatic imine (C=N–C) groups is 1. The third-order valence-corrected chi connectivity index (χ3v) is 3.33. The maximum atomic E-state index is 5.92. The lowest BCUT2D eigenvalue weighted by Gasteiger charge is -2.18. The van der Waals surface area contributed by atoms with Gasteiger partial charge in [0.2, 0.25) is 0 Å². The van der Waals surface area contributed by atoms with Crippen LogP contribution in [0.4, 0.5) is 0 Å². The maximum absolute atomic E-state index is 5.92. The molecule has 0 aliphatic heterocycles. The molecule has 1 aliphatic rings. The summed E-state index contributed by atoms with van der Waals surface area (Å²) in [6, 6.07) is 7.93. The topological polar surface area (TPSA) is 50.8 Å². The summed E-state index contributed by atoms with van der Waals surface area (Å²) in [5, 5.41) is 0.668. The van der Waals surface area contributed by atoms with Crippen molar-refractivity contribution in [2.75, 3.05) is 13.6 Å². The van der Waals surface area contributed by atoms with E-state index in [9.17, 15) is 0 Å². The van der Waals surface area contributed by atoms with Crippen molar-refractivity contribution in [2.45, 2.75) is 31.9 Å². The van der Waals surface area contributed by atoms with Gasteiger partial charge in [-0.05, 0) is 38.0 Å². The third-order valence-electron chi connectivity index (χ3n) is 3.10. The summed E-state index contributed by atoms with van der Waals surface area (Å²) in [7, 11) is 1.99. The zero-order chi connectivity index (χ0) is 13.8. The predicted octanol–water partition coefficient (Wildman–Crippen LogP) is 3.13. The van der Waals surface area contributed by atoms with Crippen LogP contribution < -0.4 is 10.5 Å². The van der Waals surface area contributed by atoms with Gasteiger partial charge in [0.05, 0.1) is 6.54 Å². The van der Waals surface area contributed by atoms with Crippen LogP contribution in [-0.4, -0.2) is 36.6 Å². The van der Waals surface area contributed by atoms with Crippen LogP contribution in [0, 0.1) is 0 Å². The van der Waals surface area contributed by atoms with Gasteiger partial charge in [-0.3, -0.25) is 0 Å². The van der Waals surface area contributed by atoms with Gasteiger partial charge in [-0.1, -0.05) is 17.7 Å². The zero-order valence-electron chi connectivity index (χ0n) is 11.8. The first kappa shape index (κ1) is 17.4. The minimum Gasteiger partial charge on any atom is -0.489 e. The number of hydrogen-bond donors (Lipinski definition) is 1. The molecular formula is C14H21ClIN3O. The molecule has 1 aromatic rings. The maximum Gasteiger partial charge on any atom is 0.191 e. The largest absolute Gasteiger partial charge is 0.489 e. The SMILES string of the molecule is CC(CN=C(N)N(C)C1CC1)Oc1cccc(Cl)c1.I. The van der Waals surface area contributed by atoms with Gasteiger partial charge in [0.15, 0.2) is 5.96 Å². The van der Waals surface area contributed by atoms with Crippen molar-refractivity contribution in [1.29, 1.82) is 0 Å². The van der Waals surface area contributed by atoms with Crippen LogP contribution in [0.25, 0.3) is 0 Å². The fraction of sp³-hybridized carbons (Fsp3) is 0.500. The lowest BCUT2D eigenvalue weighted by molar-refractivity contribution is 0.230. The number of ether oxygens (including phenoxy) is 1. The number of guanidine groups is 1. The summed E-state index contributed by atoms with van der Waals surface area (Å²) in [6.45, 7) is 2.50. The van der Waals surface area contributed by atoms with E-state index in [0.29, 0.717) is 23.6 Å². The van der Waals surface area contributed by atoms with Crippen molar-refractivity contribution >= 4 is 41.5 Å². The van der Waals surface area contributed by atoms with Crippen LogP contribution in [0.5, 0.6) is 5.75 Å². The molecule has 20 heavy (non-hydrogen) atoms. The molecule has 2 rings (SSSR count). The molecule has 1 saturated carbocycles. The van der Waals surface area contributed by atoms with Crippen LogP contribution in [0.2, 0.25) is 5.02 Å². The first-order valence-corrected chi connectivity index (χ1v) is 6.89. The number of halogens is 2. The first-order chi connectivity index (χ1) is 9.06. The molecule has 1 unspecified atom stereocenters. The Morgan fingerprint density at radius 1 is 1.55 bits per heavy atom. The van der Waals surface area contributed by atoms with Gasteiger partial charge in [-0.25, -0.2) is 4.99 Å². The Labute approximate surface area is 142 Å². The Morgan fingerprint density at radius 3 is 2.85 bits per heavy atom. The molecule has 112 valence electrons. The molecule has 1 aliphatic carbocycles. The van der Waals surface area contributed by atoms with E-state index in [4.69, 9.17) is 22.1 Å². The normalized spacial score (nSPS) is 16.2. The van der Waals surface area contributed by atoms with Crippen LogP contribution in [-0.2, 0) is 0 Å². The lowest BCUT2D eigenvalue weighted by Crippen LogP contribution is -2.36. The van der Waals surface area contributed by atoms with E-state index >= 15 is 0 Å². The van der Waals surface area contributed by atoms with Crippen LogP contribution in [0.15, 0.2) is 29.3 Å². The van der Waals surface area contributed by atoms with E-state index in [1.165, 1.54) is 12.8 Å². The molecular weight excluding hydrogens is 389 g/mol. The summed E-state index contributed by atoms with van der Waals surface area (Å²) in [6.07, 6.45) is 2.38. The molecule has 1 fully saturated rings. The molecule has 0 saturated heterocycles. The molecule has 6 heteroatoms. The second kappa shape index (κ2) is 7.93. The van der Waals surface area contributed by atoms with Crippen molar-refractivity contribution in [2.24, 2.45) is 10.7 Å². The third kappa shape index (κ3) is 5.36. The Kier molecular flexibility index (Phi) is 6.88. The summed E-state index contributed by atoms with van der Waals surface area (Å²) in [5.74, 6) is 1.34. The zero-order valence-corrected chi connectivity index (χ0v) is 14.8. The molecule has 1 aromatic carbocycles. The average molecular weight is 410 g/mol. The Morgan fingerprint density at radius 2 is 2.25 bits per heavy atom. The molecule has 4 nitrogen and oxygen atoms in total. The highest BCUT2D eigenvalue weighted by Gasteiger charge is 2.27. The van der Waals surface area contributed by atoms with Gasteiger partial charge in [0.1, 0.15) is 11.9 Å². The van der Waals surface area contributed by atoms with Crippen LogP contribution in [0.1, 0.15) is 19.8 Å². The highest BCUT2D eigenvalue weighted by atomic mass is 127.